The molecule has 0 bridgehead atoms. The van der Waals surface area contributed by atoms with Crippen LogP contribution >= 0.6 is 0 Å². The smallest absolute Gasteiger partial charge is 0.469 e. The van der Waals surface area contributed by atoms with E-state index >= 15 is 0 Å². The zero-order chi connectivity index (χ0) is 55.1. The van der Waals surface area contributed by atoms with E-state index in [1.54, 1.807) is 6.20 Å². The Bertz CT molecular complexity index is 2840. The van der Waals surface area contributed by atoms with Crippen LogP contribution in [0.3, 0.4) is 0 Å². The number of pyridine rings is 1. The van der Waals surface area contributed by atoms with Crippen molar-refractivity contribution in [3.8, 4) is 11.1 Å². The number of nitrogens with zero attached hydrogens (tertiary/aromatic N) is 1. The molecule has 9 nitrogen and oxygen atoms in total. The van der Waals surface area contributed by atoms with Crippen molar-refractivity contribution in [1.82, 2.24) is 4.98 Å². The fourth-order valence-electron chi connectivity index (χ4n) is 11.5. The number of esters is 1. The van der Waals surface area contributed by atoms with Gasteiger partial charge in [0.1, 0.15) is 0 Å². The molecule has 1 aromatic heterocycles. The van der Waals surface area contributed by atoms with E-state index in [4.69, 9.17) is 23.5 Å². The molecular weight excluding hydrogens is 946 g/mol. The van der Waals surface area contributed by atoms with Gasteiger partial charge in [0.25, 0.3) is 0 Å². The molecule has 8 rings (SSSR count). The summed E-state index contributed by atoms with van der Waals surface area (Å²) in [6, 6.07) is 29.1. The summed E-state index contributed by atoms with van der Waals surface area (Å²) in [5.74, 6) is -0.270. The molecule has 0 spiro atoms. The lowest BCUT2D eigenvalue weighted by Gasteiger charge is -2.34. The van der Waals surface area contributed by atoms with Crippen LogP contribution in [0.25, 0.3) is 23.3 Å². The van der Waals surface area contributed by atoms with Crippen molar-refractivity contribution in [2.45, 2.75) is 174 Å². The maximum Gasteiger partial charge on any atom is 0.495 e. The first kappa shape index (κ1) is 58.5. The molecule has 406 valence electrons. The third kappa shape index (κ3) is 12.7. The van der Waals surface area contributed by atoms with Gasteiger partial charge in [-0.25, -0.2) is 0 Å². The monoisotopic (exact) mass is 1030 g/mol. The Kier molecular flexibility index (Phi) is 18.6. The maximum absolute atomic E-state index is 11.8. The minimum atomic E-state index is -0.784. The Morgan fingerprint density at radius 2 is 1.03 bits per heavy atom. The highest BCUT2D eigenvalue weighted by molar-refractivity contribution is 6.62. The number of aliphatic hydroxyl groups is 2. The first-order valence-electron chi connectivity index (χ1n) is 27.9. The van der Waals surface area contributed by atoms with Crippen LogP contribution in [0, 0.1) is 27.7 Å². The molecule has 76 heavy (non-hydrogen) atoms. The highest BCUT2D eigenvalue weighted by atomic mass is 16.7. The minimum Gasteiger partial charge on any atom is -0.469 e. The van der Waals surface area contributed by atoms with Crippen molar-refractivity contribution < 1.29 is 38.5 Å². The number of ether oxygens (including phenoxy) is 3. The summed E-state index contributed by atoms with van der Waals surface area (Å²) in [6.45, 7) is 28.5. The lowest BCUT2D eigenvalue weighted by atomic mass is 9.68. The lowest BCUT2D eigenvalue weighted by molar-refractivity contribution is -0.139. The minimum absolute atomic E-state index is 0.0782. The van der Waals surface area contributed by atoms with E-state index in [-0.39, 0.29) is 41.5 Å². The average Bonchev–Trinajstić information content (AvgIpc) is 3.64. The summed E-state index contributed by atoms with van der Waals surface area (Å²) in [7, 11) is 1.05. The molecule has 0 saturated carbocycles. The number of hydrogen-bond donors (Lipinski definition) is 2. The zero-order valence-electron chi connectivity index (χ0n) is 48.0. The summed E-state index contributed by atoms with van der Waals surface area (Å²) < 4.78 is 28.3. The molecular formula is C66H86BNO8. The van der Waals surface area contributed by atoms with Gasteiger partial charge in [0.15, 0.2) is 0 Å². The number of hydrogen-bond acceptors (Lipinski definition) is 9. The number of aromatic nitrogens is 1. The van der Waals surface area contributed by atoms with Gasteiger partial charge in [-0.05, 0) is 154 Å². The van der Waals surface area contributed by atoms with Crippen molar-refractivity contribution in [2.24, 2.45) is 0 Å². The highest BCUT2D eigenvalue weighted by Gasteiger charge is 2.52. The Morgan fingerprint density at radius 1 is 0.605 bits per heavy atom. The van der Waals surface area contributed by atoms with Gasteiger partial charge < -0.3 is 33.7 Å². The van der Waals surface area contributed by atoms with Crippen molar-refractivity contribution in [2.75, 3.05) is 33.5 Å². The zero-order valence-corrected chi connectivity index (χ0v) is 48.0. The van der Waals surface area contributed by atoms with E-state index in [2.05, 4.69) is 173 Å². The van der Waals surface area contributed by atoms with E-state index in [1.807, 2.05) is 24.4 Å². The molecule has 4 heterocycles. The topological polar surface area (TPSA) is 117 Å². The van der Waals surface area contributed by atoms with Gasteiger partial charge in [0.05, 0.1) is 35.9 Å². The second-order valence-electron chi connectivity index (χ2n) is 22.8. The first-order valence-corrected chi connectivity index (χ1v) is 27.9. The summed E-state index contributed by atoms with van der Waals surface area (Å²) in [4.78, 5) is 16.1. The second kappa shape index (κ2) is 24.2. The molecule has 0 amide bonds. The number of methoxy groups -OCH3 is 1. The normalized spacial score (nSPS) is 18.2. The Balaban J connectivity index is 0.000000221. The third-order valence-corrected chi connectivity index (χ3v) is 17.7. The SMILES string of the molecule is CCC(CC)(c1ccc(/C=C/C2(O)CCOCC2)c(C)c1)c1ccc(-c2cncc(CC(=O)OC)c2)c(C)c1.CCC(CC)(c1ccc(/C=C/C2(O)CCOCC2)c(C)c1)c1ccc(B2OC(C)(C)C(C)(C)O2)c(C)c1. The molecule has 5 aromatic rings. The van der Waals surface area contributed by atoms with Gasteiger partial charge in [-0.2, -0.15) is 0 Å². The Labute approximate surface area is 455 Å². The first-order chi connectivity index (χ1) is 36.1. The van der Waals surface area contributed by atoms with Crippen LogP contribution in [-0.4, -0.2) is 84.2 Å². The summed E-state index contributed by atoms with van der Waals surface area (Å²) in [5.41, 5.74) is 14.0. The second-order valence-corrected chi connectivity index (χ2v) is 22.8. The van der Waals surface area contributed by atoms with Crippen LogP contribution in [0.2, 0.25) is 0 Å². The third-order valence-electron chi connectivity index (χ3n) is 17.7. The summed E-state index contributed by atoms with van der Waals surface area (Å²) in [5, 5.41) is 21.7. The molecule has 0 aliphatic carbocycles. The highest BCUT2D eigenvalue weighted by Crippen LogP contribution is 2.43. The molecule has 3 aliphatic rings. The molecule has 10 heteroatoms. The molecule has 2 N–H and O–H groups in total. The Morgan fingerprint density at radius 3 is 1.43 bits per heavy atom. The number of carbonyl (C=O) groups is 1. The molecule has 3 saturated heterocycles. The number of benzene rings is 4. The van der Waals surface area contributed by atoms with Crippen molar-refractivity contribution in [3.63, 3.8) is 0 Å². The molecule has 0 atom stereocenters. The van der Waals surface area contributed by atoms with E-state index in [1.165, 1.54) is 51.6 Å². The van der Waals surface area contributed by atoms with Crippen LogP contribution < -0.4 is 5.46 Å². The van der Waals surface area contributed by atoms with Crippen molar-refractivity contribution >= 4 is 30.7 Å². The molecule has 4 aromatic carbocycles. The van der Waals surface area contributed by atoms with E-state index in [0.29, 0.717) is 52.1 Å². The van der Waals surface area contributed by atoms with Crippen LogP contribution in [0.5, 0.6) is 0 Å². The van der Waals surface area contributed by atoms with Crippen molar-refractivity contribution in [1.29, 1.82) is 0 Å². The van der Waals surface area contributed by atoms with Gasteiger partial charge in [-0.15, -0.1) is 0 Å². The fraction of sp³-hybridized carbons (Fsp3) is 0.485. The average molecular weight is 1030 g/mol. The lowest BCUT2D eigenvalue weighted by Crippen LogP contribution is -2.41. The van der Waals surface area contributed by atoms with E-state index in [0.717, 1.165) is 59.0 Å². The fourth-order valence-corrected chi connectivity index (χ4v) is 11.5. The molecule has 3 aliphatic heterocycles. The molecule has 3 fully saturated rings. The van der Waals surface area contributed by atoms with Gasteiger partial charge in [0, 0.05) is 80.9 Å². The largest absolute Gasteiger partial charge is 0.495 e. The van der Waals surface area contributed by atoms with Gasteiger partial charge in [-0.1, -0.05) is 130 Å². The molecule has 0 radical (unpaired) electrons. The van der Waals surface area contributed by atoms with Crippen LogP contribution in [0.15, 0.2) is 103 Å². The van der Waals surface area contributed by atoms with Crippen LogP contribution in [-0.2, 0) is 45.6 Å². The van der Waals surface area contributed by atoms with Crippen LogP contribution in [0.1, 0.15) is 168 Å². The standard InChI is InChI=1S/C34H41NO4.C32H45BO4/c1-6-34(7-2,29-9-8-27(24(3)18-29)12-13-33(37)14-16-39-17-15-33)30-10-11-31(25(4)19-30)28-20-26(22-35-23-28)21-32(36)38-5;1-9-32(10-2,26-12-11-25(23(3)21-26)15-16-31(34)17-19-35-20-18-31)27-13-14-28(24(4)22-27)33-36-29(5,6)30(7,8)37-33/h8-13,18-20,22-23,37H,6-7,14-17,21H2,1-5H3;11-16,21-22,34H,9-10,17-20H2,1-8H3/b13-12+;16-15+. The van der Waals surface area contributed by atoms with Gasteiger partial charge in [0.2, 0.25) is 0 Å². The number of rotatable bonds is 16. The van der Waals surface area contributed by atoms with Gasteiger partial charge >= 0.3 is 13.1 Å². The van der Waals surface area contributed by atoms with E-state index < -0.39 is 11.2 Å². The molecule has 0 unspecified atom stereocenters. The number of carbonyl (C=O) groups excluding carboxylic acids is 1. The number of aryl methyl sites for hydroxylation is 4. The summed E-state index contributed by atoms with van der Waals surface area (Å²) >= 11 is 0. The van der Waals surface area contributed by atoms with E-state index in [9.17, 15) is 15.0 Å². The maximum atomic E-state index is 11.8. The van der Waals surface area contributed by atoms with Crippen LogP contribution in [0.4, 0.5) is 0 Å². The predicted octanol–water partition coefficient (Wildman–Crippen LogP) is 13.0. The Hall–Kier alpha value is -5.20. The van der Waals surface area contributed by atoms with Gasteiger partial charge in [-0.3, -0.25) is 9.78 Å². The quantitative estimate of drug-likeness (QED) is 0.0736. The predicted molar refractivity (Wildman–Crippen MR) is 310 cm³/mol. The summed E-state index contributed by atoms with van der Waals surface area (Å²) in [6.07, 6.45) is 18.4. The van der Waals surface area contributed by atoms with Crippen molar-refractivity contribution in [3.05, 3.63) is 165 Å².